The fourth-order valence-corrected chi connectivity index (χ4v) is 8.60. The summed E-state index contributed by atoms with van der Waals surface area (Å²) < 4.78 is 2.36. The van der Waals surface area contributed by atoms with Gasteiger partial charge in [-0.3, -0.25) is 9.98 Å². The van der Waals surface area contributed by atoms with Gasteiger partial charge >= 0.3 is 0 Å². The first-order valence-corrected chi connectivity index (χ1v) is 22.4. The SMILES string of the molecule is C=NC(=NC(=NCc1ccc(C)cc1)c1ccc(C)cc1)c1ccnc(-c2cccc3c2c2ccccc2n3-c2ccc(-c3cccc(N(C)c4ccccc4)c3C/C=C\C=C/C)cc2)c1. The molecule has 2 heterocycles. The molecule has 6 heteroatoms. The molecule has 0 bridgehead atoms. The lowest BCUT2D eigenvalue weighted by Gasteiger charge is -2.24. The molecule has 66 heavy (non-hydrogen) atoms. The molecule has 0 aliphatic heterocycles. The van der Waals surface area contributed by atoms with Gasteiger partial charge in [-0.15, -0.1) is 0 Å². The molecule has 9 aromatic rings. The van der Waals surface area contributed by atoms with Crippen molar-refractivity contribution in [2.24, 2.45) is 15.0 Å². The van der Waals surface area contributed by atoms with E-state index in [1.807, 2.05) is 19.2 Å². The average molecular weight is 857 g/mol. The Kier molecular flexibility index (Phi) is 12.8. The fourth-order valence-electron chi connectivity index (χ4n) is 8.60. The Morgan fingerprint density at radius 2 is 1.36 bits per heavy atom. The second kappa shape index (κ2) is 19.7. The van der Waals surface area contributed by atoms with E-state index < -0.39 is 0 Å². The van der Waals surface area contributed by atoms with Crippen molar-refractivity contribution >= 4 is 51.6 Å². The van der Waals surface area contributed by atoms with Gasteiger partial charge < -0.3 is 9.47 Å². The second-order valence-corrected chi connectivity index (χ2v) is 16.5. The molecule has 0 saturated heterocycles. The lowest BCUT2D eigenvalue weighted by molar-refractivity contribution is 1.06. The number of pyridine rings is 1. The van der Waals surface area contributed by atoms with Crippen LogP contribution in [0.4, 0.5) is 11.4 Å². The van der Waals surface area contributed by atoms with E-state index in [0.29, 0.717) is 18.2 Å². The number of nitrogens with zero attached hydrogens (tertiary/aromatic N) is 6. The van der Waals surface area contributed by atoms with E-state index in [1.54, 1.807) is 0 Å². The third-order valence-electron chi connectivity index (χ3n) is 12.0. The van der Waals surface area contributed by atoms with Crippen LogP contribution in [0.2, 0.25) is 0 Å². The maximum Gasteiger partial charge on any atom is 0.161 e. The third kappa shape index (κ3) is 9.08. The molecule has 0 aliphatic rings. The zero-order valence-electron chi connectivity index (χ0n) is 37.9. The van der Waals surface area contributed by atoms with Crippen LogP contribution in [0, 0.1) is 13.8 Å². The predicted octanol–water partition coefficient (Wildman–Crippen LogP) is 14.7. The van der Waals surface area contributed by atoms with Crippen LogP contribution in [0.25, 0.3) is 49.9 Å². The topological polar surface area (TPSA) is 58.1 Å². The van der Waals surface area contributed by atoms with Crippen molar-refractivity contribution in [3.63, 3.8) is 0 Å². The first kappa shape index (κ1) is 43.1. The van der Waals surface area contributed by atoms with E-state index in [4.69, 9.17) is 15.0 Å². The van der Waals surface area contributed by atoms with Crippen LogP contribution in [0.1, 0.15) is 40.3 Å². The van der Waals surface area contributed by atoms with Crippen LogP contribution < -0.4 is 4.90 Å². The zero-order chi connectivity index (χ0) is 45.4. The van der Waals surface area contributed by atoms with E-state index in [9.17, 15) is 0 Å². The molecule has 0 spiro atoms. The van der Waals surface area contributed by atoms with Gasteiger partial charge in [0, 0.05) is 57.8 Å². The smallest absolute Gasteiger partial charge is 0.161 e. The summed E-state index contributed by atoms with van der Waals surface area (Å²) in [5, 5.41) is 2.27. The number of rotatable bonds is 12. The number of aliphatic imine (C=N–C) groups is 3. The lowest BCUT2D eigenvalue weighted by Crippen LogP contribution is -2.12. The van der Waals surface area contributed by atoms with Crippen LogP contribution in [-0.4, -0.2) is 35.0 Å². The summed E-state index contributed by atoms with van der Waals surface area (Å²) in [6, 6.07) is 61.9. The molecule has 6 nitrogen and oxygen atoms in total. The Morgan fingerprint density at radius 3 is 2.12 bits per heavy atom. The Balaban J connectivity index is 1.10. The number of aromatic nitrogens is 2. The highest BCUT2D eigenvalue weighted by molar-refractivity contribution is 6.16. The minimum Gasteiger partial charge on any atom is -0.344 e. The first-order chi connectivity index (χ1) is 32.4. The Hall–Kier alpha value is -8.22. The van der Waals surface area contributed by atoms with Crippen molar-refractivity contribution in [2.45, 2.75) is 33.7 Å². The fraction of sp³-hybridized carbons (Fsp3) is 0.100. The van der Waals surface area contributed by atoms with E-state index in [1.165, 1.54) is 27.9 Å². The van der Waals surface area contributed by atoms with Gasteiger partial charge in [0.1, 0.15) is 0 Å². The Morgan fingerprint density at radius 1 is 0.667 bits per heavy atom. The van der Waals surface area contributed by atoms with Crippen LogP contribution in [-0.2, 0) is 13.0 Å². The molecule has 0 unspecified atom stereocenters. The number of hydrogen-bond donors (Lipinski definition) is 0. The number of anilines is 2. The molecule has 0 radical (unpaired) electrons. The molecule has 0 aliphatic carbocycles. The second-order valence-electron chi connectivity index (χ2n) is 16.5. The summed E-state index contributed by atoms with van der Waals surface area (Å²) in [6.45, 7) is 10.7. The number of para-hydroxylation sites is 2. The van der Waals surface area contributed by atoms with Crippen molar-refractivity contribution < 1.29 is 0 Å². The summed E-state index contributed by atoms with van der Waals surface area (Å²) in [7, 11) is 2.15. The van der Waals surface area contributed by atoms with Crippen LogP contribution in [0.15, 0.2) is 221 Å². The van der Waals surface area contributed by atoms with Gasteiger partial charge in [-0.1, -0.05) is 157 Å². The molecule has 7 aromatic carbocycles. The molecule has 2 aromatic heterocycles. The third-order valence-corrected chi connectivity index (χ3v) is 12.0. The molecule has 0 atom stereocenters. The van der Waals surface area contributed by atoms with E-state index in [0.717, 1.165) is 73.1 Å². The molecule has 0 fully saturated rings. The number of amidine groups is 2. The van der Waals surface area contributed by atoms with Crippen molar-refractivity contribution in [3.05, 3.63) is 240 Å². The minimum atomic E-state index is 0.478. The zero-order valence-corrected chi connectivity index (χ0v) is 37.9. The summed E-state index contributed by atoms with van der Waals surface area (Å²) >= 11 is 0. The normalized spacial score (nSPS) is 12.2. The Bertz CT molecular complexity index is 3280. The molecular weight excluding hydrogens is 805 g/mol. The molecular formula is C60H52N6. The van der Waals surface area contributed by atoms with Gasteiger partial charge in [-0.25, -0.2) is 9.98 Å². The van der Waals surface area contributed by atoms with Gasteiger partial charge in [0.25, 0.3) is 0 Å². The van der Waals surface area contributed by atoms with E-state index in [2.05, 4.69) is 236 Å². The molecule has 9 rings (SSSR count). The van der Waals surface area contributed by atoms with Crippen molar-refractivity contribution in [3.8, 4) is 28.1 Å². The monoisotopic (exact) mass is 856 g/mol. The standard InChI is InChI=1S/C60H52N6/c1-6-7-8-12-19-51-50(21-15-24-55(51)65(5)48-17-10-9-11-18-48)45-34-36-49(37-35-45)66-56-23-14-13-20-53(56)58-52(22-16-25-57(58)66)54-40-47(38-39-62-54)59(61-4)64-60(46-32-28-43(3)29-33-46)63-41-44-30-26-42(2)27-31-44/h6-18,20-40H,4,19,41H2,1-3,5H3/b7-6-,12-8-,63-60?,64-59?. The van der Waals surface area contributed by atoms with Gasteiger partial charge in [-0.05, 0) is 111 Å². The minimum absolute atomic E-state index is 0.478. The summed E-state index contributed by atoms with van der Waals surface area (Å²) in [5.41, 5.74) is 16.3. The van der Waals surface area contributed by atoms with Gasteiger partial charge in [0.05, 0.1) is 23.3 Å². The van der Waals surface area contributed by atoms with E-state index in [-0.39, 0.29) is 0 Å². The summed E-state index contributed by atoms with van der Waals surface area (Å²) in [6.07, 6.45) is 11.1. The lowest BCUT2D eigenvalue weighted by atomic mass is 9.95. The molecule has 0 amide bonds. The number of aryl methyl sites for hydroxylation is 2. The molecule has 0 saturated carbocycles. The highest BCUT2D eigenvalue weighted by Gasteiger charge is 2.19. The van der Waals surface area contributed by atoms with Crippen molar-refractivity contribution in [2.75, 3.05) is 11.9 Å². The summed E-state index contributed by atoms with van der Waals surface area (Å²) in [4.78, 5) is 21.8. The molecule has 322 valence electrons. The number of fused-ring (bicyclic) bond motifs is 3. The van der Waals surface area contributed by atoms with Crippen molar-refractivity contribution in [1.29, 1.82) is 0 Å². The predicted molar refractivity (Wildman–Crippen MR) is 280 cm³/mol. The maximum atomic E-state index is 5.07. The highest BCUT2D eigenvalue weighted by Crippen LogP contribution is 2.40. The Labute approximate surface area is 388 Å². The average Bonchev–Trinajstić information content (AvgIpc) is 3.71. The van der Waals surface area contributed by atoms with Crippen LogP contribution in [0.5, 0.6) is 0 Å². The van der Waals surface area contributed by atoms with Crippen molar-refractivity contribution in [1.82, 2.24) is 9.55 Å². The van der Waals surface area contributed by atoms with Gasteiger partial charge in [0.15, 0.2) is 11.7 Å². The number of hydrogen-bond acceptors (Lipinski definition) is 3. The van der Waals surface area contributed by atoms with Crippen LogP contribution >= 0.6 is 0 Å². The number of benzene rings is 7. The maximum absolute atomic E-state index is 5.07. The van der Waals surface area contributed by atoms with Gasteiger partial charge in [-0.2, -0.15) is 0 Å². The summed E-state index contributed by atoms with van der Waals surface area (Å²) in [5.74, 6) is 1.07. The molecule has 0 N–H and O–H groups in total. The first-order valence-electron chi connectivity index (χ1n) is 22.4. The highest BCUT2D eigenvalue weighted by atomic mass is 15.1. The largest absolute Gasteiger partial charge is 0.344 e. The van der Waals surface area contributed by atoms with Crippen LogP contribution in [0.3, 0.4) is 0 Å². The van der Waals surface area contributed by atoms with E-state index >= 15 is 0 Å². The quantitative estimate of drug-likeness (QED) is 0.0698. The van der Waals surface area contributed by atoms with Gasteiger partial charge in [0.2, 0.25) is 0 Å². The number of allylic oxidation sites excluding steroid dienone is 4.